The highest BCUT2D eigenvalue weighted by Gasteiger charge is 2.18. The second kappa shape index (κ2) is 4.81. The summed E-state index contributed by atoms with van der Waals surface area (Å²) in [6, 6.07) is 4.66. The fraction of sp³-hybridized carbons (Fsp3) is 0.412. The molecule has 3 heteroatoms. The van der Waals surface area contributed by atoms with E-state index in [0.29, 0.717) is 5.92 Å². The van der Waals surface area contributed by atoms with E-state index in [1.165, 1.54) is 44.8 Å². The van der Waals surface area contributed by atoms with Gasteiger partial charge in [-0.05, 0) is 59.2 Å². The first-order valence-corrected chi connectivity index (χ1v) is 7.95. The summed E-state index contributed by atoms with van der Waals surface area (Å²) in [5.74, 6) is 0.455. The summed E-state index contributed by atoms with van der Waals surface area (Å²) < 4.78 is 9.15. The number of hydrogen-bond donors (Lipinski definition) is 0. The second-order valence-corrected chi connectivity index (χ2v) is 6.37. The highest BCUT2D eigenvalue weighted by Crippen LogP contribution is 2.37. The minimum atomic E-state index is 0.455. The monoisotopic (exact) mass is 284 g/mol. The minimum absolute atomic E-state index is 0.455. The molecule has 0 saturated carbocycles. The average molecular weight is 284 g/mol. The van der Waals surface area contributed by atoms with E-state index in [2.05, 4.69) is 55.5 Å². The Morgan fingerprint density at radius 1 is 1.00 bits per heavy atom. The Morgan fingerprint density at radius 2 is 1.60 bits per heavy atom. The largest absolute Gasteiger partial charge is 0.173 e. The summed E-state index contributed by atoms with van der Waals surface area (Å²) in [4.78, 5) is 0. The molecular weight excluding hydrogens is 264 g/mol. The molecule has 0 fully saturated rings. The lowest BCUT2D eigenvalue weighted by Crippen LogP contribution is -1.98. The van der Waals surface area contributed by atoms with Crippen molar-refractivity contribution in [2.45, 2.75) is 47.0 Å². The van der Waals surface area contributed by atoms with Crippen LogP contribution in [0.4, 0.5) is 0 Å². The third-order valence-electron chi connectivity index (χ3n) is 4.21. The second-order valence-electron chi connectivity index (χ2n) is 5.84. The molecule has 0 N–H and O–H groups in total. The van der Waals surface area contributed by atoms with Crippen LogP contribution in [0.15, 0.2) is 12.1 Å². The number of nitrogens with zero attached hydrogens (tertiary/aromatic N) is 2. The van der Waals surface area contributed by atoms with Gasteiger partial charge in [0.05, 0.1) is 11.7 Å². The van der Waals surface area contributed by atoms with Gasteiger partial charge in [-0.1, -0.05) is 32.9 Å². The lowest BCUT2D eigenvalue weighted by atomic mass is 9.88. The van der Waals surface area contributed by atoms with Crippen LogP contribution in [0.5, 0.6) is 0 Å². The molecule has 1 heterocycles. The van der Waals surface area contributed by atoms with E-state index in [0.717, 1.165) is 17.5 Å². The van der Waals surface area contributed by atoms with Crippen LogP contribution >= 0.6 is 11.7 Å². The Balaban J connectivity index is 2.61. The quantitative estimate of drug-likeness (QED) is 0.650. The van der Waals surface area contributed by atoms with Gasteiger partial charge in [0, 0.05) is 0 Å². The minimum Gasteiger partial charge on any atom is -0.173 e. The molecule has 0 aliphatic heterocycles. The molecule has 0 spiro atoms. The average Bonchev–Trinajstić information content (AvgIpc) is 2.85. The maximum absolute atomic E-state index is 4.58. The Kier molecular flexibility index (Phi) is 3.25. The van der Waals surface area contributed by atoms with Gasteiger partial charge in [-0.2, -0.15) is 8.75 Å². The predicted molar refractivity (Wildman–Crippen MR) is 87.9 cm³/mol. The van der Waals surface area contributed by atoms with Gasteiger partial charge in [-0.15, -0.1) is 0 Å². The number of benzene rings is 2. The van der Waals surface area contributed by atoms with Crippen LogP contribution in [0.1, 0.15) is 48.9 Å². The maximum Gasteiger partial charge on any atom is 0.109 e. The zero-order valence-corrected chi connectivity index (χ0v) is 13.6. The van der Waals surface area contributed by atoms with Crippen molar-refractivity contribution in [1.82, 2.24) is 8.75 Å². The van der Waals surface area contributed by atoms with Crippen molar-refractivity contribution < 1.29 is 0 Å². The molecule has 0 aliphatic rings. The smallest absolute Gasteiger partial charge is 0.109 e. The Bertz CT molecular complexity index is 800. The van der Waals surface area contributed by atoms with Crippen molar-refractivity contribution in [3.63, 3.8) is 0 Å². The molecule has 2 nitrogen and oxygen atoms in total. The van der Waals surface area contributed by atoms with Crippen molar-refractivity contribution >= 4 is 33.5 Å². The third-order valence-corrected chi connectivity index (χ3v) is 4.74. The van der Waals surface area contributed by atoms with Crippen molar-refractivity contribution in [3.05, 3.63) is 34.4 Å². The summed E-state index contributed by atoms with van der Waals surface area (Å²) in [6.45, 7) is 11.1. The van der Waals surface area contributed by atoms with E-state index in [-0.39, 0.29) is 0 Å². The molecule has 104 valence electrons. The molecule has 2 aromatic carbocycles. The molecule has 0 aliphatic carbocycles. The first-order valence-electron chi connectivity index (χ1n) is 7.22. The summed E-state index contributed by atoms with van der Waals surface area (Å²) in [7, 11) is 0. The Hall–Kier alpha value is -1.48. The molecule has 3 rings (SSSR count). The summed E-state index contributed by atoms with van der Waals surface area (Å²) in [6.07, 6.45) is 0.999. The van der Waals surface area contributed by atoms with Gasteiger partial charge >= 0.3 is 0 Å². The molecule has 0 amide bonds. The normalized spacial score (nSPS) is 11.9. The van der Waals surface area contributed by atoms with Gasteiger partial charge in [0.25, 0.3) is 0 Å². The van der Waals surface area contributed by atoms with E-state index < -0.39 is 0 Å². The Morgan fingerprint density at radius 3 is 2.20 bits per heavy atom. The molecule has 0 bridgehead atoms. The highest BCUT2D eigenvalue weighted by molar-refractivity contribution is 7.00. The fourth-order valence-corrected chi connectivity index (χ4v) is 3.64. The number of rotatable bonds is 2. The summed E-state index contributed by atoms with van der Waals surface area (Å²) in [5.41, 5.74) is 7.61. The number of aryl methyl sites for hydroxylation is 3. The Labute approximate surface area is 124 Å². The van der Waals surface area contributed by atoms with Crippen molar-refractivity contribution in [2.24, 2.45) is 0 Å². The van der Waals surface area contributed by atoms with Crippen LogP contribution in [0.3, 0.4) is 0 Å². The van der Waals surface area contributed by atoms with Crippen LogP contribution in [0.2, 0.25) is 0 Å². The van der Waals surface area contributed by atoms with Crippen LogP contribution in [-0.2, 0) is 6.42 Å². The highest BCUT2D eigenvalue weighted by atomic mass is 32.1. The molecule has 0 atom stereocenters. The van der Waals surface area contributed by atoms with Crippen molar-refractivity contribution in [2.75, 3.05) is 0 Å². The first kappa shape index (κ1) is 13.5. The molecule has 0 saturated heterocycles. The van der Waals surface area contributed by atoms with Gasteiger partial charge in [-0.25, -0.2) is 0 Å². The lowest BCUT2D eigenvalue weighted by molar-refractivity contribution is 0.882. The van der Waals surface area contributed by atoms with Gasteiger partial charge in [0.1, 0.15) is 11.0 Å². The van der Waals surface area contributed by atoms with Gasteiger partial charge in [0.2, 0.25) is 0 Å². The number of hydrogen-bond acceptors (Lipinski definition) is 3. The molecule has 1 aromatic heterocycles. The predicted octanol–water partition coefficient (Wildman–Crippen LogP) is 5.15. The topological polar surface area (TPSA) is 25.8 Å². The fourth-order valence-electron chi connectivity index (χ4n) is 3.05. The molecule has 0 unspecified atom stereocenters. The van der Waals surface area contributed by atoms with E-state index in [1.807, 2.05) is 0 Å². The number of fused-ring (bicyclic) bond motifs is 2. The van der Waals surface area contributed by atoms with E-state index >= 15 is 0 Å². The van der Waals surface area contributed by atoms with Gasteiger partial charge < -0.3 is 0 Å². The van der Waals surface area contributed by atoms with Crippen molar-refractivity contribution in [3.8, 4) is 0 Å². The van der Waals surface area contributed by atoms with E-state index in [1.54, 1.807) is 0 Å². The summed E-state index contributed by atoms with van der Waals surface area (Å²) >= 11 is 1.33. The maximum atomic E-state index is 4.58. The summed E-state index contributed by atoms with van der Waals surface area (Å²) in [5, 5.41) is 2.72. The number of aromatic nitrogens is 2. The molecule has 0 radical (unpaired) electrons. The van der Waals surface area contributed by atoms with E-state index in [4.69, 9.17) is 0 Å². The van der Waals surface area contributed by atoms with Crippen LogP contribution in [0.25, 0.3) is 21.8 Å². The van der Waals surface area contributed by atoms with Crippen LogP contribution < -0.4 is 0 Å². The SMILES string of the molecule is CCc1c2cc(C)c(C)cc2c(C(C)C)c2nsnc12. The standard InChI is InChI=1S/C17H20N2S/c1-6-12-13-7-10(4)11(5)8-14(13)15(9(2)3)17-16(12)18-20-19-17/h7-9H,6H2,1-5H3. The molecule has 3 aromatic rings. The molecule has 20 heavy (non-hydrogen) atoms. The first-order chi connectivity index (χ1) is 9.54. The van der Waals surface area contributed by atoms with Gasteiger partial charge in [0.15, 0.2) is 0 Å². The van der Waals surface area contributed by atoms with Gasteiger partial charge in [-0.3, -0.25) is 0 Å². The zero-order valence-electron chi connectivity index (χ0n) is 12.7. The van der Waals surface area contributed by atoms with Crippen molar-refractivity contribution in [1.29, 1.82) is 0 Å². The van der Waals surface area contributed by atoms with E-state index in [9.17, 15) is 0 Å². The lowest BCUT2D eigenvalue weighted by Gasteiger charge is -2.16. The third kappa shape index (κ3) is 1.84. The molecular formula is C17H20N2S. The zero-order chi connectivity index (χ0) is 14.4. The van der Waals surface area contributed by atoms with Crippen LogP contribution in [-0.4, -0.2) is 8.75 Å². The van der Waals surface area contributed by atoms with Crippen LogP contribution in [0, 0.1) is 13.8 Å².